The van der Waals surface area contributed by atoms with Crippen molar-refractivity contribution in [1.29, 1.82) is 0 Å². The van der Waals surface area contributed by atoms with E-state index >= 15 is 0 Å². The van der Waals surface area contributed by atoms with Crippen molar-refractivity contribution in [3.63, 3.8) is 0 Å². The van der Waals surface area contributed by atoms with E-state index in [1.807, 2.05) is 6.92 Å². The van der Waals surface area contributed by atoms with Gasteiger partial charge in [0.15, 0.2) is 0 Å². The third-order valence-corrected chi connectivity index (χ3v) is 12.0. The van der Waals surface area contributed by atoms with Crippen LogP contribution in [0.5, 0.6) is 0 Å². The van der Waals surface area contributed by atoms with Crippen LogP contribution in [0.3, 0.4) is 0 Å². The van der Waals surface area contributed by atoms with E-state index in [4.69, 9.17) is 4.74 Å². The number of amides is 1. The Balaban J connectivity index is 1.77. The van der Waals surface area contributed by atoms with Gasteiger partial charge in [-0.1, -0.05) is 0 Å². The zero-order chi connectivity index (χ0) is 17.7. The molecule has 1 saturated carbocycles. The van der Waals surface area contributed by atoms with Crippen LogP contribution in [0.2, 0.25) is 14.8 Å². The first-order chi connectivity index (χ1) is 11.3. The average molecular weight is 458 g/mol. The first-order valence-electron chi connectivity index (χ1n) is 8.85. The van der Waals surface area contributed by atoms with Crippen LogP contribution in [0.15, 0.2) is 11.4 Å². The maximum absolute atomic E-state index is 12.3. The van der Waals surface area contributed by atoms with Crippen molar-refractivity contribution in [3.05, 3.63) is 16.3 Å². The van der Waals surface area contributed by atoms with Crippen LogP contribution < -0.4 is 8.90 Å². The number of carbonyl (C=O) groups is 2. The molecule has 4 nitrogen and oxygen atoms in total. The van der Waals surface area contributed by atoms with E-state index in [-0.39, 0.29) is 17.8 Å². The molecule has 1 aromatic rings. The predicted octanol–water partition coefficient (Wildman–Crippen LogP) is 3.39. The quantitative estimate of drug-likeness (QED) is 0.526. The zero-order valence-corrected chi connectivity index (χ0v) is 18.9. The van der Waals surface area contributed by atoms with E-state index in [9.17, 15) is 9.59 Å². The summed E-state index contributed by atoms with van der Waals surface area (Å²) in [5.74, 6) is 0.519. The molecule has 1 aliphatic carbocycles. The van der Waals surface area contributed by atoms with Gasteiger partial charge in [0.1, 0.15) is 0 Å². The van der Waals surface area contributed by atoms with E-state index in [0.717, 1.165) is 30.6 Å². The number of esters is 1. The van der Waals surface area contributed by atoms with E-state index in [1.54, 1.807) is 11.3 Å². The fourth-order valence-corrected chi connectivity index (χ4v) is 9.56. The van der Waals surface area contributed by atoms with Gasteiger partial charge >= 0.3 is 140 Å². The second-order valence-corrected chi connectivity index (χ2v) is 23.0. The van der Waals surface area contributed by atoms with Crippen LogP contribution in [-0.2, 0) is 9.53 Å². The molecule has 24 heavy (non-hydrogen) atoms. The van der Waals surface area contributed by atoms with Gasteiger partial charge in [-0.3, -0.25) is 0 Å². The molecule has 1 aliphatic rings. The van der Waals surface area contributed by atoms with Crippen molar-refractivity contribution >= 4 is 45.2 Å². The Kier molecular flexibility index (Phi) is 7.16. The molecule has 0 saturated heterocycles. The topological polar surface area (TPSA) is 55.4 Å². The molecule has 1 N–H and O–H groups in total. The van der Waals surface area contributed by atoms with Crippen LogP contribution in [0.25, 0.3) is 0 Å². The van der Waals surface area contributed by atoms with Gasteiger partial charge in [-0.15, -0.1) is 0 Å². The molecule has 2 rings (SSSR count). The Morgan fingerprint density at radius 3 is 2.46 bits per heavy atom. The number of nitrogens with one attached hydrogen (secondary N) is 1. The molecule has 0 aliphatic heterocycles. The summed E-state index contributed by atoms with van der Waals surface area (Å²) in [6.07, 6.45) is 3.72. The van der Waals surface area contributed by atoms with Gasteiger partial charge in [-0.2, -0.15) is 0 Å². The molecular weight excluding hydrogens is 429 g/mol. The van der Waals surface area contributed by atoms with E-state index in [2.05, 4.69) is 31.6 Å². The molecule has 0 unspecified atom stereocenters. The van der Waals surface area contributed by atoms with Crippen molar-refractivity contribution < 1.29 is 14.3 Å². The number of hydrogen-bond donors (Lipinski definition) is 1. The molecule has 1 heterocycles. The molecule has 1 fully saturated rings. The molecule has 1 amide bonds. The van der Waals surface area contributed by atoms with Gasteiger partial charge < -0.3 is 0 Å². The van der Waals surface area contributed by atoms with Gasteiger partial charge in [0, 0.05) is 0 Å². The minimum absolute atomic E-state index is 0.0503. The average Bonchev–Trinajstić information content (AvgIpc) is 3.03. The Bertz CT molecular complexity index is 571. The van der Waals surface area contributed by atoms with Gasteiger partial charge in [-0.25, -0.2) is 0 Å². The van der Waals surface area contributed by atoms with Crippen molar-refractivity contribution in [2.75, 3.05) is 13.2 Å². The van der Waals surface area contributed by atoms with Gasteiger partial charge in [0.2, 0.25) is 0 Å². The Labute approximate surface area is 153 Å². The standard InChI is InChI=1S/C15H20NO3S.3CH3.Sn/c1-2-19-15(18)12-7-5-11(6-8-12)10-16-14(17)13-4-3-9-20-13;;;;/h4,9,11-12H,2,5-8,10H2,1H3,(H,16,17);3*1H3;. The summed E-state index contributed by atoms with van der Waals surface area (Å²) in [6, 6.07) is 2.09. The third kappa shape index (κ3) is 5.48. The van der Waals surface area contributed by atoms with Crippen molar-refractivity contribution in [2.45, 2.75) is 47.4 Å². The first-order valence-corrected chi connectivity index (χ1v) is 19.7. The summed E-state index contributed by atoms with van der Waals surface area (Å²) in [5.41, 5.74) is 0. The van der Waals surface area contributed by atoms with Gasteiger partial charge in [0.25, 0.3) is 0 Å². The fraction of sp³-hybridized carbons (Fsp3) is 0.667. The second kappa shape index (κ2) is 8.70. The molecular formula is C18H29NO3SSn. The predicted molar refractivity (Wildman–Crippen MR) is 102 cm³/mol. The third-order valence-electron chi connectivity index (χ3n) is 4.71. The SMILES string of the molecule is CCOC(=O)C1CCC(CNC(=O)c2c[c]([Sn]([CH3])([CH3])[CH3])cs2)CC1. The first kappa shape index (κ1) is 19.8. The maximum atomic E-state index is 12.3. The summed E-state index contributed by atoms with van der Waals surface area (Å²) < 4.78 is 6.51. The Morgan fingerprint density at radius 2 is 1.92 bits per heavy atom. The number of ether oxygens (including phenoxy) is 1. The molecule has 0 atom stereocenters. The summed E-state index contributed by atoms with van der Waals surface area (Å²) in [4.78, 5) is 32.0. The number of thiophene rings is 1. The van der Waals surface area contributed by atoms with Gasteiger partial charge in [-0.05, 0) is 6.92 Å². The van der Waals surface area contributed by atoms with Crippen molar-refractivity contribution in [3.8, 4) is 0 Å². The number of carbonyl (C=O) groups excluding carboxylic acids is 2. The second-order valence-electron chi connectivity index (χ2n) is 7.63. The molecule has 1 aromatic heterocycles. The monoisotopic (exact) mass is 459 g/mol. The van der Waals surface area contributed by atoms with Crippen LogP contribution in [0.1, 0.15) is 42.3 Å². The molecule has 0 aromatic carbocycles. The summed E-state index contributed by atoms with van der Waals surface area (Å²) >= 11 is -0.520. The van der Waals surface area contributed by atoms with Crippen LogP contribution in [0.4, 0.5) is 0 Å². The van der Waals surface area contributed by atoms with Crippen molar-refractivity contribution in [2.24, 2.45) is 11.8 Å². The normalized spacial score (nSPS) is 21.3. The van der Waals surface area contributed by atoms with Crippen molar-refractivity contribution in [1.82, 2.24) is 5.32 Å². The summed E-state index contributed by atoms with van der Waals surface area (Å²) in [5, 5.41) is 5.24. The Hall–Kier alpha value is -0.561. The van der Waals surface area contributed by atoms with E-state index < -0.39 is 18.4 Å². The number of hydrogen-bond acceptors (Lipinski definition) is 4. The molecule has 0 bridgehead atoms. The zero-order valence-electron chi connectivity index (χ0n) is 15.2. The van der Waals surface area contributed by atoms with Crippen LogP contribution in [-0.4, -0.2) is 43.4 Å². The minimum atomic E-state index is -2.08. The molecule has 6 heteroatoms. The van der Waals surface area contributed by atoms with E-state index in [0.29, 0.717) is 19.1 Å². The van der Waals surface area contributed by atoms with Gasteiger partial charge in [0.05, 0.1) is 6.61 Å². The molecule has 0 spiro atoms. The summed E-state index contributed by atoms with van der Waals surface area (Å²) in [6.45, 7) is 3.01. The van der Waals surface area contributed by atoms with Crippen LogP contribution in [0, 0.1) is 11.8 Å². The van der Waals surface area contributed by atoms with E-state index in [1.165, 1.54) is 3.58 Å². The molecule has 0 radical (unpaired) electrons. The molecule has 134 valence electrons. The Morgan fingerprint density at radius 1 is 1.25 bits per heavy atom. The summed E-state index contributed by atoms with van der Waals surface area (Å²) in [7, 11) is 0. The number of rotatable bonds is 6. The fourth-order valence-electron chi connectivity index (χ4n) is 3.04. The van der Waals surface area contributed by atoms with Crippen LogP contribution >= 0.6 is 11.3 Å².